The highest BCUT2D eigenvalue weighted by Crippen LogP contribution is 2.44. The van der Waals surface area contributed by atoms with Crippen molar-refractivity contribution in [3.63, 3.8) is 0 Å². The van der Waals surface area contributed by atoms with Crippen molar-refractivity contribution < 1.29 is 19.4 Å². The zero-order chi connectivity index (χ0) is 24.5. The molecule has 2 aromatic rings. The van der Waals surface area contributed by atoms with Crippen molar-refractivity contribution in [2.24, 2.45) is 0 Å². The molecule has 0 spiro atoms. The highest BCUT2D eigenvalue weighted by atomic mass is 16.5. The van der Waals surface area contributed by atoms with Gasteiger partial charge in [-0.05, 0) is 58.9 Å². The number of aromatic nitrogens is 2. The first-order valence-electron chi connectivity index (χ1n) is 11.9. The molecule has 1 fully saturated rings. The van der Waals surface area contributed by atoms with Crippen LogP contribution < -0.4 is 15.5 Å². The Labute approximate surface area is 200 Å². The number of fused-ring (bicyclic) bond motifs is 1. The van der Waals surface area contributed by atoms with Gasteiger partial charge in [0, 0.05) is 36.3 Å². The van der Waals surface area contributed by atoms with Crippen LogP contribution in [0.25, 0.3) is 11.4 Å². The van der Waals surface area contributed by atoms with E-state index in [0.29, 0.717) is 44.3 Å². The van der Waals surface area contributed by atoms with Gasteiger partial charge in [0.1, 0.15) is 11.4 Å². The summed E-state index contributed by atoms with van der Waals surface area (Å²) in [4.78, 5) is 24.0. The number of carbonyl (C=O) groups excluding carboxylic acids is 1. The van der Waals surface area contributed by atoms with E-state index in [9.17, 15) is 9.90 Å². The van der Waals surface area contributed by atoms with E-state index < -0.39 is 11.2 Å². The van der Waals surface area contributed by atoms with Gasteiger partial charge in [-0.1, -0.05) is 0 Å². The van der Waals surface area contributed by atoms with Crippen LogP contribution in [0.2, 0.25) is 0 Å². The minimum Gasteiger partial charge on any atom is -0.390 e. The molecule has 4 rings (SSSR count). The van der Waals surface area contributed by atoms with Crippen LogP contribution in [0.3, 0.4) is 0 Å². The summed E-state index contributed by atoms with van der Waals surface area (Å²) in [7, 11) is 0. The van der Waals surface area contributed by atoms with Crippen LogP contribution in [-0.4, -0.2) is 59.1 Å². The molecule has 0 aliphatic carbocycles. The molecule has 1 aromatic carbocycles. The van der Waals surface area contributed by atoms with E-state index in [1.807, 2.05) is 38.1 Å². The second-order valence-electron chi connectivity index (χ2n) is 9.89. The van der Waals surface area contributed by atoms with Gasteiger partial charge in [0.15, 0.2) is 5.82 Å². The molecule has 1 aromatic heterocycles. The van der Waals surface area contributed by atoms with Gasteiger partial charge in [-0.15, -0.1) is 0 Å². The number of hydrogen-bond acceptors (Lipinski definition) is 7. The van der Waals surface area contributed by atoms with Crippen LogP contribution in [0, 0.1) is 0 Å². The number of urea groups is 1. The number of amides is 2. The fourth-order valence-corrected chi connectivity index (χ4v) is 4.75. The molecule has 9 nitrogen and oxygen atoms in total. The fraction of sp³-hybridized carbons (Fsp3) is 0.560. The summed E-state index contributed by atoms with van der Waals surface area (Å²) in [5.41, 5.74) is 1.67. The number of ether oxygens (including phenoxy) is 2. The lowest BCUT2D eigenvalue weighted by atomic mass is 9.87. The lowest BCUT2D eigenvalue weighted by molar-refractivity contribution is -0.0812. The molecule has 184 valence electrons. The van der Waals surface area contributed by atoms with Crippen LogP contribution in [0.1, 0.15) is 52.3 Å². The van der Waals surface area contributed by atoms with Gasteiger partial charge in [0.25, 0.3) is 0 Å². The minimum atomic E-state index is -0.916. The van der Waals surface area contributed by atoms with Gasteiger partial charge < -0.3 is 30.1 Å². The summed E-state index contributed by atoms with van der Waals surface area (Å²) in [5, 5.41) is 16.1. The Morgan fingerprint density at radius 3 is 2.68 bits per heavy atom. The zero-order valence-corrected chi connectivity index (χ0v) is 20.6. The van der Waals surface area contributed by atoms with E-state index in [1.54, 1.807) is 13.8 Å². The third kappa shape index (κ3) is 5.16. The topological polar surface area (TPSA) is 109 Å². The van der Waals surface area contributed by atoms with Crippen LogP contribution >= 0.6 is 0 Å². The van der Waals surface area contributed by atoms with Gasteiger partial charge in [0.2, 0.25) is 0 Å². The maximum atomic E-state index is 11.8. The first-order chi connectivity index (χ1) is 16.1. The van der Waals surface area contributed by atoms with Gasteiger partial charge in [-0.2, -0.15) is 0 Å². The zero-order valence-electron chi connectivity index (χ0n) is 20.6. The third-order valence-corrected chi connectivity index (χ3v) is 6.17. The predicted molar refractivity (Wildman–Crippen MR) is 131 cm³/mol. The lowest BCUT2D eigenvalue weighted by Gasteiger charge is -2.35. The predicted octanol–water partition coefficient (Wildman–Crippen LogP) is 3.42. The molecule has 0 unspecified atom stereocenters. The number of rotatable bonds is 6. The molecule has 34 heavy (non-hydrogen) atoms. The van der Waals surface area contributed by atoms with E-state index in [4.69, 9.17) is 19.4 Å². The molecule has 3 heterocycles. The fourth-order valence-electron chi connectivity index (χ4n) is 4.75. The molecule has 2 aliphatic rings. The van der Waals surface area contributed by atoms with E-state index in [0.717, 1.165) is 29.2 Å². The second-order valence-corrected chi connectivity index (χ2v) is 9.89. The molecule has 0 bridgehead atoms. The SMILES string of the molecule is CCNC(=O)Nc1ccc(-c2nc(N3CCOC[C@@H]3C)c3c(n2)[C@@](C)(CC(C)(C)O)OC3)cc1. The number of aliphatic hydroxyl groups is 1. The number of nitrogens with one attached hydrogen (secondary N) is 2. The maximum absolute atomic E-state index is 11.8. The molecule has 3 N–H and O–H groups in total. The molecule has 2 atom stereocenters. The Balaban J connectivity index is 1.75. The smallest absolute Gasteiger partial charge is 0.319 e. The standard InChI is InChI=1S/C25H35N5O4/c1-6-26-23(31)27-18-9-7-17(8-10-18)21-28-20-19(14-34-25(20,5)15-24(3,4)32)22(29-21)30-11-12-33-13-16(30)2/h7-10,16,32H,6,11-15H2,1-5H3,(H2,26,27,31)/t16-,25+/m0/s1. The van der Waals surface area contributed by atoms with Gasteiger partial charge in [-0.3, -0.25) is 0 Å². The Kier molecular flexibility index (Phi) is 6.80. The average Bonchev–Trinajstić information content (AvgIpc) is 3.09. The van der Waals surface area contributed by atoms with Crippen molar-refractivity contribution in [1.82, 2.24) is 15.3 Å². The first kappa shape index (κ1) is 24.4. The summed E-state index contributed by atoms with van der Waals surface area (Å²) < 4.78 is 11.9. The Morgan fingerprint density at radius 2 is 2.03 bits per heavy atom. The van der Waals surface area contributed by atoms with Crippen LogP contribution in [0.5, 0.6) is 0 Å². The Morgan fingerprint density at radius 1 is 1.29 bits per heavy atom. The Hall–Kier alpha value is -2.75. The number of morpholine rings is 1. The summed E-state index contributed by atoms with van der Waals surface area (Å²) in [6.45, 7) is 12.5. The van der Waals surface area contributed by atoms with E-state index in [1.165, 1.54) is 0 Å². The summed E-state index contributed by atoms with van der Waals surface area (Å²) in [6, 6.07) is 7.41. The third-order valence-electron chi connectivity index (χ3n) is 6.17. The Bertz CT molecular complexity index is 1040. The van der Waals surface area contributed by atoms with E-state index in [-0.39, 0.29) is 12.1 Å². The average molecular weight is 470 g/mol. The van der Waals surface area contributed by atoms with Crippen LogP contribution in [-0.2, 0) is 21.7 Å². The van der Waals surface area contributed by atoms with Crippen molar-refractivity contribution in [2.75, 3.05) is 36.5 Å². The van der Waals surface area contributed by atoms with Crippen molar-refractivity contribution >= 4 is 17.5 Å². The van der Waals surface area contributed by atoms with Crippen LogP contribution in [0.15, 0.2) is 24.3 Å². The van der Waals surface area contributed by atoms with Gasteiger partial charge >= 0.3 is 6.03 Å². The van der Waals surface area contributed by atoms with E-state index >= 15 is 0 Å². The number of carbonyl (C=O) groups is 1. The number of benzene rings is 1. The van der Waals surface area contributed by atoms with Gasteiger partial charge in [-0.25, -0.2) is 14.8 Å². The van der Waals surface area contributed by atoms with Gasteiger partial charge in [0.05, 0.1) is 37.2 Å². The van der Waals surface area contributed by atoms with Crippen molar-refractivity contribution in [1.29, 1.82) is 0 Å². The van der Waals surface area contributed by atoms with Crippen molar-refractivity contribution in [3.05, 3.63) is 35.5 Å². The minimum absolute atomic E-state index is 0.172. The largest absolute Gasteiger partial charge is 0.390 e. The molecular weight excluding hydrogens is 434 g/mol. The second kappa shape index (κ2) is 9.48. The monoisotopic (exact) mass is 469 g/mol. The number of nitrogens with zero attached hydrogens (tertiary/aromatic N) is 3. The highest BCUT2D eigenvalue weighted by Gasteiger charge is 2.44. The number of anilines is 2. The molecule has 2 aliphatic heterocycles. The quantitative estimate of drug-likeness (QED) is 0.595. The maximum Gasteiger partial charge on any atom is 0.319 e. The molecule has 0 saturated carbocycles. The van der Waals surface area contributed by atoms with Crippen molar-refractivity contribution in [3.8, 4) is 11.4 Å². The summed E-state index contributed by atoms with van der Waals surface area (Å²) in [5.74, 6) is 1.45. The van der Waals surface area contributed by atoms with E-state index in [2.05, 4.69) is 22.5 Å². The van der Waals surface area contributed by atoms with Crippen LogP contribution in [0.4, 0.5) is 16.3 Å². The summed E-state index contributed by atoms with van der Waals surface area (Å²) >= 11 is 0. The summed E-state index contributed by atoms with van der Waals surface area (Å²) in [6.07, 6.45) is 0.414. The van der Waals surface area contributed by atoms with Crippen molar-refractivity contribution in [2.45, 2.75) is 64.9 Å². The molecule has 9 heteroatoms. The normalized spacial score (nSPS) is 22.4. The molecule has 0 radical (unpaired) electrons. The lowest BCUT2D eigenvalue weighted by Crippen LogP contribution is -2.44. The number of hydrogen-bond donors (Lipinski definition) is 3. The molecule has 2 amide bonds. The molecular formula is C25H35N5O4. The first-order valence-corrected chi connectivity index (χ1v) is 11.9. The highest BCUT2D eigenvalue weighted by molar-refractivity contribution is 5.89. The molecule has 1 saturated heterocycles.